The maximum atomic E-state index is 13.3. The zero-order valence-electron chi connectivity index (χ0n) is 13.6. The van der Waals surface area contributed by atoms with Gasteiger partial charge in [0.05, 0.1) is 6.54 Å². The van der Waals surface area contributed by atoms with Crippen LogP contribution in [0.4, 0.5) is 9.18 Å². The highest BCUT2D eigenvalue weighted by molar-refractivity contribution is 7.19. The van der Waals surface area contributed by atoms with Gasteiger partial charge in [-0.15, -0.1) is 11.3 Å². The Hall–Kier alpha value is -2.48. The Morgan fingerprint density at radius 2 is 2.24 bits per heavy atom. The Kier molecular flexibility index (Phi) is 3.91. The third-order valence-corrected chi connectivity index (χ3v) is 5.58. The molecule has 2 aromatic heterocycles. The molecular formula is C17H17FN4O2S. The number of carbonyl (C=O) groups excluding carboxylic acids is 1. The number of amides is 2. The lowest BCUT2D eigenvalue weighted by molar-refractivity contribution is 0.165. The van der Waals surface area contributed by atoms with E-state index in [4.69, 9.17) is 4.52 Å². The molecule has 4 rings (SSSR count). The highest BCUT2D eigenvalue weighted by atomic mass is 32.1. The molecule has 0 radical (unpaired) electrons. The van der Waals surface area contributed by atoms with Crippen molar-refractivity contribution in [1.82, 2.24) is 20.8 Å². The number of halogens is 1. The van der Waals surface area contributed by atoms with Crippen molar-refractivity contribution in [3.63, 3.8) is 0 Å². The molecule has 1 aromatic carbocycles. The molecule has 1 aliphatic carbocycles. The van der Waals surface area contributed by atoms with Gasteiger partial charge in [0.1, 0.15) is 11.4 Å². The van der Waals surface area contributed by atoms with E-state index in [9.17, 15) is 9.18 Å². The fraction of sp³-hybridized carbons (Fsp3) is 0.353. The van der Waals surface area contributed by atoms with Crippen LogP contribution in [0.5, 0.6) is 0 Å². The summed E-state index contributed by atoms with van der Waals surface area (Å²) in [7, 11) is 0. The van der Waals surface area contributed by atoms with Gasteiger partial charge in [-0.2, -0.15) is 4.98 Å². The number of urea groups is 1. The van der Waals surface area contributed by atoms with E-state index in [1.807, 2.05) is 6.07 Å². The number of nitrogens with one attached hydrogen (secondary N) is 2. The fourth-order valence-corrected chi connectivity index (χ4v) is 4.00. The molecule has 1 saturated carbocycles. The van der Waals surface area contributed by atoms with Crippen LogP contribution in [0, 0.1) is 12.7 Å². The second kappa shape index (κ2) is 6.11. The van der Waals surface area contributed by atoms with Gasteiger partial charge in [-0.05, 0) is 48.9 Å². The lowest BCUT2D eigenvalue weighted by Crippen LogP contribution is -2.54. The summed E-state index contributed by atoms with van der Waals surface area (Å²) in [5.41, 5.74) is -0.537. The third kappa shape index (κ3) is 3.09. The normalized spacial score (nSPS) is 15.8. The Labute approximate surface area is 147 Å². The molecule has 8 heteroatoms. The van der Waals surface area contributed by atoms with Crippen LogP contribution in [-0.4, -0.2) is 16.2 Å². The average molecular weight is 360 g/mol. The highest BCUT2D eigenvalue weighted by Gasteiger charge is 2.44. The van der Waals surface area contributed by atoms with Crippen LogP contribution in [0.1, 0.15) is 35.9 Å². The quantitative estimate of drug-likeness (QED) is 0.745. The lowest BCUT2D eigenvalue weighted by Gasteiger charge is -2.39. The number of carbonyl (C=O) groups is 1. The second-order valence-corrected chi connectivity index (χ2v) is 7.44. The average Bonchev–Trinajstić information content (AvgIpc) is 3.14. The second-order valence-electron chi connectivity index (χ2n) is 6.28. The number of rotatable bonds is 4. The Morgan fingerprint density at radius 1 is 1.40 bits per heavy atom. The number of benzene rings is 1. The number of aromatic nitrogens is 2. The standard InChI is InChI=1S/C17H17FN4O2S/c1-10-20-15(22-24-10)17(5-2-6-17)21-16(23)19-9-13-8-11-7-12(18)3-4-14(11)25-13/h3-4,7-8H,2,5-6,9H2,1H3,(H2,19,21,23). The van der Waals surface area contributed by atoms with E-state index in [2.05, 4.69) is 20.8 Å². The van der Waals surface area contributed by atoms with Gasteiger partial charge in [0.2, 0.25) is 5.89 Å². The summed E-state index contributed by atoms with van der Waals surface area (Å²) in [6.07, 6.45) is 2.60. The minimum atomic E-state index is -0.537. The molecule has 25 heavy (non-hydrogen) atoms. The van der Waals surface area contributed by atoms with Crippen molar-refractivity contribution < 1.29 is 13.7 Å². The molecule has 0 aliphatic heterocycles. The molecule has 0 spiro atoms. The molecule has 0 atom stereocenters. The van der Waals surface area contributed by atoms with Crippen molar-refractivity contribution in [1.29, 1.82) is 0 Å². The van der Waals surface area contributed by atoms with Crippen molar-refractivity contribution in [2.75, 3.05) is 0 Å². The molecule has 2 N–H and O–H groups in total. The number of fused-ring (bicyclic) bond motifs is 1. The van der Waals surface area contributed by atoms with Crippen LogP contribution in [0.3, 0.4) is 0 Å². The predicted molar refractivity (Wildman–Crippen MR) is 91.7 cm³/mol. The van der Waals surface area contributed by atoms with Gasteiger partial charge >= 0.3 is 6.03 Å². The van der Waals surface area contributed by atoms with E-state index in [0.29, 0.717) is 18.3 Å². The molecule has 130 valence electrons. The molecule has 1 fully saturated rings. The highest BCUT2D eigenvalue weighted by Crippen LogP contribution is 2.39. The van der Waals surface area contributed by atoms with Crippen LogP contribution in [-0.2, 0) is 12.1 Å². The lowest BCUT2D eigenvalue weighted by atomic mass is 9.76. The van der Waals surface area contributed by atoms with Gasteiger partial charge < -0.3 is 15.2 Å². The predicted octanol–water partition coefficient (Wildman–Crippen LogP) is 3.61. The van der Waals surface area contributed by atoms with Gasteiger partial charge in [-0.3, -0.25) is 0 Å². The molecule has 0 saturated heterocycles. The first kappa shape index (κ1) is 16.0. The SMILES string of the molecule is Cc1nc(C2(NC(=O)NCc3cc4cc(F)ccc4s3)CCC2)no1. The Balaban J connectivity index is 1.41. The van der Waals surface area contributed by atoms with E-state index >= 15 is 0 Å². The molecule has 6 nitrogen and oxygen atoms in total. The summed E-state index contributed by atoms with van der Waals surface area (Å²) in [6, 6.07) is 6.31. The number of aryl methyl sites for hydroxylation is 1. The monoisotopic (exact) mass is 360 g/mol. The summed E-state index contributed by atoms with van der Waals surface area (Å²) in [5.74, 6) is 0.759. The van der Waals surface area contributed by atoms with Crippen LogP contribution >= 0.6 is 11.3 Å². The van der Waals surface area contributed by atoms with Crippen molar-refractivity contribution in [2.24, 2.45) is 0 Å². The smallest absolute Gasteiger partial charge is 0.315 e. The minimum Gasteiger partial charge on any atom is -0.340 e. The molecule has 0 bridgehead atoms. The number of thiophene rings is 1. The van der Waals surface area contributed by atoms with Crippen molar-refractivity contribution in [3.8, 4) is 0 Å². The Morgan fingerprint density at radius 3 is 2.92 bits per heavy atom. The number of hydrogen-bond acceptors (Lipinski definition) is 5. The topological polar surface area (TPSA) is 80.0 Å². The van der Waals surface area contributed by atoms with E-state index in [1.54, 1.807) is 13.0 Å². The van der Waals surface area contributed by atoms with E-state index in [-0.39, 0.29) is 11.8 Å². The summed E-state index contributed by atoms with van der Waals surface area (Å²) in [5, 5.41) is 10.6. The molecule has 2 amide bonds. The summed E-state index contributed by atoms with van der Waals surface area (Å²) < 4.78 is 19.3. The molecule has 0 unspecified atom stereocenters. The van der Waals surface area contributed by atoms with Crippen LogP contribution in [0.15, 0.2) is 28.8 Å². The summed E-state index contributed by atoms with van der Waals surface area (Å²) in [6.45, 7) is 2.11. The van der Waals surface area contributed by atoms with Gasteiger partial charge in [-0.1, -0.05) is 5.16 Å². The Bertz CT molecular complexity index is 932. The van der Waals surface area contributed by atoms with Gasteiger partial charge in [0.15, 0.2) is 5.82 Å². The first-order valence-electron chi connectivity index (χ1n) is 8.09. The van der Waals surface area contributed by atoms with Crippen molar-refractivity contribution in [2.45, 2.75) is 38.3 Å². The number of hydrogen-bond donors (Lipinski definition) is 2. The van der Waals surface area contributed by atoms with Crippen molar-refractivity contribution >= 4 is 27.5 Å². The van der Waals surface area contributed by atoms with Crippen LogP contribution < -0.4 is 10.6 Å². The van der Waals surface area contributed by atoms with Gasteiger partial charge in [-0.25, -0.2) is 9.18 Å². The molecular weight excluding hydrogens is 343 g/mol. The zero-order chi connectivity index (χ0) is 17.4. The van der Waals surface area contributed by atoms with E-state index < -0.39 is 5.54 Å². The van der Waals surface area contributed by atoms with E-state index in [1.165, 1.54) is 23.5 Å². The first-order chi connectivity index (χ1) is 12.0. The number of nitrogens with zero attached hydrogens (tertiary/aromatic N) is 2. The molecule has 1 aliphatic rings. The first-order valence-corrected chi connectivity index (χ1v) is 8.90. The molecule has 2 heterocycles. The van der Waals surface area contributed by atoms with Crippen LogP contribution in [0.25, 0.3) is 10.1 Å². The van der Waals surface area contributed by atoms with E-state index in [0.717, 1.165) is 34.2 Å². The summed E-state index contributed by atoms with van der Waals surface area (Å²) >= 11 is 1.54. The van der Waals surface area contributed by atoms with Gasteiger partial charge in [0.25, 0.3) is 0 Å². The van der Waals surface area contributed by atoms with Crippen molar-refractivity contribution in [3.05, 3.63) is 46.7 Å². The van der Waals surface area contributed by atoms with Crippen LogP contribution in [0.2, 0.25) is 0 Å². The molecule has 3 aromatic rings. The fourth-order valence-electron chi connectivity index (χ4n) is 3.01. The minimum absolute atomic E-state index is 0.259. The third-order valence-electron chi connectivity index (χ3n) is 4.47. The zero-order valence-corrected chi connectivity index (χ0v) is 14.5. The summed E-state index contributed by atoms with van der Waals surface area (Å²) in [4.78, 5) is 17.5. The van der Waals surface area contributed by atoms with Gasteiger partial charge in [0, 0.05) is 16.5 Å². The maximum absolute atomic E-state index is 13.3. The largest absolute Gasteiger partial charge is 0.340 e. The maximum Gasteiger partial charge on any atom is 0.315 e.